The Morgan fingerprint density at radius 3 is 2.58 bits per heavy atom. The summed E-state index contributed by atoms with van der Waals surface area (Å²) in [6, 6.07) is 8.92. The molecule has 0 saturated heterocycles. The van der Waals surface area contributed by atoms with Gasteiger partial charge >= 0.3 is 0 Å². The second-order valence-electron chi connectivity index (χ2n) is 5.35. The maximum atomic E-state index is 12.2. The molecule has 2 N–H and O–H groups in total. The van der Waals surface area contributed by atoms with Crippen molar-refractivity contribution in [2.24, 2.45) is 0 Å². The molecule has 0 saturated carbocycles. The van der Waals surface area contributed by atoms with Crippen molar-refractivity contribution in [1.82, 2.24) is 20.5 Å². The third-order valence-electron chi connectivity index (χ3n) is 3.54. The number of nitrogens with zero attached hydrogens (tertiary/aromatic N) is 3. The van der Waals surface area contributed by atoms with Crippen LogP contribution in [-0.4, -0.2) is 28.2 Å². The van der Waals surface area contributed by atoms with Gasteiger partial charge in [0, 0.05) is 10.2 Å². The molecule has 9 heteroatoms. The van der Waals surface area contributed by atoms with E-state index in [9.17, 15) is 4.79 Å². The van der Waals surface area contributed by atoms with Crippen LogP contribution >= 0.6 is 27.3 Å². The standard InChI is InChI=1S/C17H16BrN5O2S/c1-10(20-16(24)15-13(18)7-8-26-15)14-9-19-17(23-22-14)21-11-3-5-12(25-2)6-4-11/h3-10H,1-2H3,(H,20,24)(H,19,21,23). The molecule has 134 valence electrons. The lowest BCUT2D eigenvalue weighted by molar-refractivity contribution is 0.0942. The van der Waals surface area contributed by atoms with Crippen LogP contribution in [0.15, 0.2) is 46.4 Å². The van der Waals surface area contributed by atoms with Crippen LogP contribution in [0.25, 0.3) is 0 Å². The minimum absolute atomic E-state index is 0.165. The number of thiophene rings is 1. The Morgan fingerprint density at radius 1 is 1.23 bits per heavy atom. The predicted octanol–water partition coefficient (Wildman–Crippen LogP) is 3.94. The van der Waals surface area contributed by atoms with Gasteiger partial charge in [-0.05, 0) is 58.6 Å². The lowest BCUT2D eigenvalue weighted by atomic mass is 10.2. The number of nitrogens with one attached hydrogen (secondary N) is 2. The number of benzene rings is 1. The molecule has 0 bridgehead atoms. The third kappa shape index (κ3) is 4.36. The largest absolute Gasteiger partial charge is 0.497 e. The summed E-state index contributed by atoms with van der Waals surface area (Å²) in [7, 11) is 1.62. The molecule has 3 aromatic rings. The van der Waals surface area contributed by atoms with Crippen molar-refractivity contribution in [2.45, 2.75) is 13.0 Å². The van der Waals surface area contributed by atoms with E-state index in [0.29, 0.717) is 16.5 Å². The number of methoxy groups -OCH3 is 1. The number of carbonyl (C=O) groups excluding carboxylic acids is 1. The first-order valence-corrected chi connectivity index (χ1v) is 9.38. The second-order valence-corrected chi connectivity index (χ2v) is 7.12. The van der Waals surface area contributed by atoms with Gasteiger partial charge in [0.1, 0.15) is 16.3 Å². The molecule has 0 aliphatic carbocycles. The van der Waals surface area contributed by atoms with Crippen molar-refractivity contribution >= 4 is 44.8 Å². The van der Waals surface area contributed by atoms with E-state index in [1.165, 1.54) is 11.3 Å². The zero-order chi connectivity index (χ0) is 18.5. The molecule has 1 unspecified atom stereocenters. The van der Waals surface area contributed by atoms with Crippen LogP contribution in [0.3, 0.4) is 0 Å². The highest BCUT2D eigenvalue weighted by atomic mass is 79.9. The van der Waals surface area contributed by atoms with Crippen molar-refractivity contribution in [3.8, 4) is 5.75 Å². The summed E-state index contributed by atoms with van der Waals surface area (Å²) in [5.41, 5.74) is 1.40. The summed E-state index contributed by atoms with van der Waals surface area (Å²) in [5.74, 6) is 0.979. The van der Waals surface area contributed by atoms with E-state index in [1.807, 2.05) is 42.6 Å². The molecule has 1 amide bonds. The summed E-state index contributed by atoms with van der Waals surface area (Å²) in [6.07, 6.45) is 1.59. The maximum Gasteiger partial charge on any atom is 0.263 e. The van der Waals surface area contributed by atoms with Crippen LogP contribution in [-0.2, 0) is 0 Å². The highest BCUT2D eigenvalue weighted by Gasteiger charge is 2.16. The van der Waals surface area contributed by atoms with Crippen LogP contribution in [0.1, 0.15) is 28.3 Å². The van der Waals surface area contributed by atoms with Crippen LogP contribution in [0, 0.1) is 0 Å². The minimum Gasteiger partial charge on any atom is -0.497 e. The molecule has 0 spiro atoms. The highest BCUT2D eigenvalue weighted by Crippen LogP contribution is 2.23. The number of hydrogen-bond acceptors (Lipinski definition) is 7. The van der Waals surface area contributed by atoms with E-state index in [4.69, 9.17) is 4.74 Å². The van der Waals surface area contributed by atoms with Crippen molar-refractivity contribution in [2.75, 3.05) is 12.4 Å². The minimum atomic E-state index is -0.313. The van der Waals surface area contributed by atoms with E-state index < -0.39 is 0 Å². The number of hydrogen-bond donors (Lipinski definition) is 2. The van der Waals surface area contributed by atoms with Gasteiger partial charge in [-0.15, -0.1) is 21.5 Å². The lowest BCUT2D eigenvalue weighted by Crippen LogP contribution is -2.27. The number of carbonyl (C=O) groups is 1. The number of halogens is 1. The molecule has 0 aliphatic rings. The van der Waals surface area contributed by atoms with Crippen LogP contribution in [0.2, 0.25) is 0 Å². The van der Waals surface area contributed by atoms with Gasteiger partial charge < -0.3 is 15.4 Å². The first kappa shape index (κ1) is 18.3. The number of anilines is 2. The van der Waals surface area contributed by atoms with Gasteiger partial charge in [-0.3, -0.25) is 4.79 Å². The lowest BCUT2D eigenvalue weighted by Gasteiger charge is -2.12. The summed E-state index contributed by atoms with van der Waals surface area (Å²) in [6.45, 7) is 1.83. The molecule has 0 radical (unpaired) electrons. The number of ether oxygens (including phenoxy) is 1. The fraction of sp³-hybridized carbons (Fsp3) is 0.176. The van der Waals surface area contributed by atoms with Gasteiger partial charge in [-0.1, -0.05) is 0 Å². The fourth-order valence-corrected chi connectivity index (χ4v) is 3.59. The fourth-order valence-electron chi connectivity index (χ4n) is 2.14. The molecule has 0 fully saturated rings. The van der Waals surface area contributed by atoms with Crippen molar-refractivity contribution < 1.29 is 9.53 Å². The van der Waals surface area contributed by atoms with E-state index in [2.05, 4.69) is 41.7 Å². The van der Waals surface area contributed by atoms with Gasteiger partial charge in [0.2, 0.25) is 5.95 Å². The third-order valence-corrected chi connectivity index (χ3v) is 5.38. The molecule has 1 atom stereocenters. The number of amides is 1. The SMILES string of the molecule is COc1ccc(Nc2ncc(C(C)NC(=O)c3sccc3Br)nn2)cc1. The van der Waals surface area contributed by atoms with Crippen molar-refractivity contribution in [3.05, 3.63) is 57.0 Å². The van der Waals surface area contributed by atoms with Crippen LogP contribution in [0.4, 0.5) is 11.6 Å². The Hall–Kier alpha value is -2.52. The molecule has 0 aliphatic heterocycles. The van der Waals surface area contributed by atoms with E-state index >= 15 is 0 Å². The Kier molecular flexibility index (Phi) is 5.79. The first-order chi connectivity index (χ1) is 12.6. The molecule has 3 rings (SSSR count). The van der Waals surface area contributed by atoms with E-state index in [0.717, 1.165) is 15.9 Å². The predicted molar refractivity (Wildman–Crippen MR) is 104 cm³/mol. The van der Waals surface area contributed by atoms with Crippen molar-refractivity contribution in [3.63, 3.8) is 0 Å². The Labute approximate surface area is 163 Å². The average Bonchev–Trinajstić information content (AvgIpc) is 3.09. The van der Waals surface area contributed by atoms with Gasteiger partial charge in [0.25, 0.3) is 5.91 Å². The molecule has 26 heavy (non-hydrogen) atoms. The Bertz CT molecular complexity index is 883. The van der Waals surface area contributed by atoms with Crippen LogP contribution < -0.4 is 15.4 Å². The van der Waals surface area contributed by atoms with Crippen LogP contribution in [0.5, 0.6) is 5.75 Å². The zero-order valence-corrected chi connectivity index (χ0v) is 16.5. The van der Waals surface area contributed by atoms with Crippen molar-refractivity contribution in [1.29, 1.82) is 0 Å². The van der Waals surface area contributed by atoms with E-state index in [1.54, 1.807) is 13.3 Å². The maximum absolute atomic E-state index is 12.2. The van der Waals surface area contributed by atoms with Gasteiger partial charge in [-0.25, -0.2) is 4.98 Å². The Balaban J connectivity index is 1.62. The second kappa shape index (κ2) is 8.24. The van der Waals surface area contributed by atoms with Gasteiger partial charge in [0.15, 0.2) is 0 Å². The molecule has 1 aromatic carbocycles. The summed E-state index contributed by atoms with van der Waals surface area (Å²) in [4.78, 5) is 17.1. The molecular weight excluding hydrogens is 418 g/mol. The molecule has 7 nitrogen and oxygen atoms in total. The summed E-state index contributed by atoms with van der Waals surface area (Å²) >= 11 is 4.73. The number of rotatable bonds is 6. The smallest absolute Gasteiger partial charge is 0.263 e. The number of aromatic nitrogens is 3. The normalized spacial score (nSPS) is 11.7. The average molecular weight is 434 g/mol. The van der Waals surface area contributed by atoms with Gasteiger partial charge in [0.05, 0.1) is 19.3 Å². The van der Waals surface area contributed by atoms with Gasteiger partial charge in [-0.2, -0.15) is 0 Å². The first-order valence-electron chi connectivity index (χ1n) is 7.71. The summed E-state index contributed by atoms with van der Waals surface area (Å²) < 4.78 is 5.89. The topological polar surface area (TPSA) is 89.0 Å². The monoisotopic (exact) mass is 433 g/mol. The quantitative estimate of drug-likeness (QED) is 0.611. The highest BCUT2D eigenvalue weighted by molar-refractivity contribution is 9.10. The molecule has 2 heterocycles. The molecular formula is C17H16BrN5O2S. The molecule has 2 aromatic heterocycles. The zero-order valence-electron chi connectivity index (χ0n) is 14.1. The summed E-state index contributed by atoms with van der Waals surface area (Å²) in [5, 5.41) is 16.0. The van der Waals surface area contributed by atoms with E-state index in [-0.39, 0.29) is 11.9 Å². The Morgan fingerprint density at radius 2 is 2.00 bits per heavy atom.